The normalized spacial score (nSPS) is 17.2. The fraction of sp³-hybridized carbons (Fsp3) is 0.588. The third kappa shape index (κ3) is 5.24. The Bertz CT molecular complexity index is 441. The largest absolute Gasteiger partial charge is 0.481 e. The highest BCUT2D eigenvalue weighted by Gasteiger charge is 2.20. The molecule has 1 saturated carbocycles. The summed E-state index contributed by atoms with van der Waals surface area (Å²) in [7, 11) is 0. The van der Waals surface area contributed by atoms with Crippen molar-refractivity contribution >= 4 is 17.5 Å². The minimum Gasteiger partial charge on any atom is -0.481 e. The third-order valence-corrected chi connectivity index (χ3v) is 4.30. The van der Waals surface area contributed by atoms with Crippen molar-refractivity contribution in [2.24, 2.45) is 5.92 Å². The van der Waals surface area contributed by atoms with E-state index in [1.165, 1.54) is 32.1 Å². The number of halogens is 1. The molecule has 0 heterocycles. The van der Waals surface area contributed by atoms with Gasteiger partial charge in [0.2, 0.25) is 0 Å². The maximum Gasteiger partial charge on any atom is 0.261 e. The third-order valence-electron chi connectivity index (χ3n) is 4.04. The van der Waals surface area contributed by atoms with Crippen LogP contribution in [0.2, 0.25) is 5.02 Å². The predicted octanol–water partition coefficient (Wildman–Crippen LogP) is 4.19. The van der Waals surface area contributed by atoms with Crippen LogP contribution in [0.1, 0.15) is 45.4 Å². The van der Waals surface area contributed by atoms with Gasteiger partial charge in [0.25, 0.3) is 5.91 Å². The first-order valence-corrected chi connectivity index (χ1v) is 8.26. The quantitative estimate of drug-likeness (QED) is 0.855. The summed E-state index contributed by atoms with van der Waals surface area (Å²) in [5.74, 6) is 1.30. The maximum atomic E-state index is 12.2. The second-order valence-electron chi connectivity index (χ2n) is 5.72. The Morgan fingerprint density at radius 2 is 1.95 bits per heavy atom. The summed E-state index contributed by atoms with van der Waals surface area (Å²) in [5.41, 5.74) is 0. The zero-order valence-corrected chi connectivity index (χ0v) is 13.4. The molecule has 0 bridgehead atoms. The number of nitrogens with one attached hydrogen (secondary N) is 1. The molecule has 21 heavy (non-hydrogen) atoms. The van der Waals surface area contributed by atoms with Crippen LogP contribution in [0, 0.1) is 5.92 Å². The van der Waals surface area contributed by atoms with Crippen LogP contribution in [0.15, 0.2) is 24.3 Å². The van der Waals surface area contributed by atoms with E-state index >= 15 is 0 Å². The summed E-state index contributed by atoms with van der Waals surface area (Å²) in [6.07, 6.45) is 6.60. The number of rotatable bonds is 6. The van der Waals surface area contributed by atoms with Gasteiger partial charge in [-0.05, 0) is 49.4 Å². The van der Waals surface area contributed by atoms with Crippen molar-refractivity contribution in [1.82, 2.24) is 5.32 Å². The maximum absolute atomic E-state index is 12.2. The molecule has 0 aromatic heterocycles. The summed E-state index contributed by atoms with van der Waals surface area (Å²) in [6.45, 7) is 2.74. The number of benzene rings is 1. The first-order chi connectivity index (χ1) is 10.2. The molecule has 2 rings (SSSR count). The van der Waals surface area contributed by atoms with E-state index in [4.69, 9.17) is 16.3 Å². The molecule has 0 radical (unpaired) electrons. The van der Waals surface area contributed by atoms with Crippen molar-refractivity contribution in [3.63, 3.8) is 0 Å². The molecule has 0 unspecified atom stereocenters. The van der Waals surface area contributed by atoms with Crippen LogP contribution in [0.5, 0.6) is 5.75 Å². The second kappa shape index (κ2) is 8.28. The monoisotopic (exact) mass is 309 g/mol. The predicted molar refractivity (Wildman–Crippen MR) is 85.7 cm³/mol. The molecule has 0 spiro atoms. The van der Waals surface area contributed by atoms with Crippen molar-refractivity contribution < 1.29 is 9.53 Å². The Morgan fingerprint density at radius 3 is 2.57 bits per heavy atom. The highest BCUT2D eigenvalue weighted by molar-refractivity contribution is 6.30. The molecule has 4 heteroatoms. The highest BCUT2D eigenvalue weighted by Crippen LogP contribution is 2.23. The van der Waals surface area contributed by atoms with Gasteiger partial charge in [-0.15, -0.1) is 0 Å². The fourth-order valence-electron chi connectivity index (χ4n) is 2.75. The van der Waals surface area contributed by atoms with Gasteiger partial charge in [-0.25, -0.2) is 0 Å². The van der Waals surface area contributed by atoms with E-state index in [2.05, 4.69) is 5.32 Å². The number of hydrogen-bond donors (Lipinski definition) is 1. The Balaban J connectivity index is 1.81. The van der Waals surface area contributed by atoms with Gasteiger partial charge in [0.15, 0.2) is 6.10 Å². The van der Waals surface area contributed by atoms with E-state index in [-0.39, 0.29) is 5.91 Å². The standard InChI is InChI=1S/C17H24ClNO2/c1-2-16(21-15-10-8-14(18)9-11-15)17(20)19-12-13-6-4-3-5-7-13/h8-11,13,16H,2-7,12H2,1H3,(H,19,20)/t16-/m1/s1. The fourth-order valence-corrected chi connectivity index (χ4v) is 2.88. The van der Waals surface area contributed by atoms with E-state index in [0.717, 1.165) is 6.54 Å². The first-order valence-electron chi connectivity index (χ1n) is 7.89. The topological polar surface area (TPSA) is 38.3 Å². The van der Waals surface area contributed by atoms with Gasteiger partial charge in [0, 0.05) is 11.6 Å². The Hall–Kier alpha value is -1.22. The molecule has 0 saturated heterocycles. The zero-order valence-electron chi connectivity index (χ0n) is 12.6. The van der Waals surface area contributed by atoms with Crippen LogP contribution in [0.4, 0.5) is 0 Å². The molecule has 0 aliphatic heterocycles. The van der Waals surface area contributed by atoms with Crippen molar-refractivity contribution in [1.29, 1.82) is 0 Å². The molecule has 1 aromatic rings. The highest BCUT2D eigenvalue weighted by atomic mass is 35.5. The molecule has 116 valence electrons. The molecule has 1 aromatic carbocycles. The second-order valence-corrected chi connectivity index (χ2v) is 6.15. The van der Waals surface area contributed by atoms with Gasteiger partial charge >= 0.3 is 0 Å². The molecule has 1 fully saturated rings. The van der Waals surface area contributed by atoms with Crippen LogP contribution < -0.4 is 10.1 Å². The molecule has 1 aliphatic carbocycles. The molecular formula is C17H24ClNO2. The summed E-state index contributed by atoms with van der Waals surface area (Å²) in [4.78, 5) is 12.2. The minimum absolute atomic E-state index is 0.0157. The summed E-state index contributed by atoms with van der Waals surface area (Å²) in [5, 5.41) is 3.71. The van der Waals surface area contributed by atoms with E-state index in [1.807, 2.05) is 6.92 Å². The van der Waals surface area contributed by atoms with E-state index < -0.39 is 6.10 Å². The molecular weight excluding hydrogens is 286 g/mol. The number of carbonyl (C=O) groups is 1. The van der Waals surface area contributed by atoms with E-state index in [1.54, 1.807) is 24.3 Å². The van der Waals surface area contributed by atoms with Crippen molar-refractivity contribution in [2.45, 2.75) is 51.6 Å². The van der Waals surface area contributed by atoms with Crippen LogP contribution >= 0.6 is 11.6 Å². The SMILES string of the molecule is CC[C@@H](Oc1ccc(Cl)cc1)C(=O)NCC1CCCCC1. The summed E-state index contributed by atoms with van der Waals surface area (Å²) < 4.78 is 5.75. The van der Waals surface area contributed by atoms with Crippen LogP contribution in [-0.4, -0.2) is 18.6 Å². The van der Waals surface area contributed by atoms with Crippen LogP contribution in [-0.2, 0) is 4.79 Å². The molecule has 1 amide bonds. The van der Waals surface area contributed by atoms with E-state index in [0.29, 0.717) is 23.1 Å². The Kier molecular flexibility index (Phi) is 6.37. The van der Waals surface area contributed by atoms with Gasteiger partial charge < -0.3 is 10.1 Å². The number of carbonyl (C=O) groups excluding carboxylic acids is 1. The summed E-state index contributed by atoms with van der Waals surface area (Å²) in [6, 6.07) is 7.12. The Labute approximate surface area is 132 Å². The molecule has 1 atom stereocenters. The molecule has 1 N–H and O–H groups in total. The lowest BCUT2D eigenvalue weighted by Gasteiger charge is -2.23. The number of ether oxygens (including phenoxy) is 1. The average Bonchev–Trinajstić information content (AvgIpc) is 2.53. The lowest BCUT2D eigenvalue weighted by Crippen LogP contribution is -2.40. The summed E-state index contributed by atoms with van der Waals surface area (Å²) >= 11 is 5.85. The number of hydrogen-bond acceptors (Lipinski definition) is 2. The smallest absolute Gasteiger partial charge is 0.261 e. The van der Waals surface area contributed by atoms with Crippen LogP contribution in [0.3, 0.4) is 0 Å². The average molecular weight is 310 g/mol. The number of amides is 1. The Morgan fingerprint density at radius 1 is 1.29 bits per heavy atom. The van der Waals surface area contributed by atoms with Gasteiger partial charge in [-0.2, -0.15) is 0 Å². The van der Waals surface area contributed by atoms with Gasteiger partial charge in [-0.1, -0.05) is 37.8 Å². The first kappa shape index (κ1) is 16.2. The van der Waals surface area contributed by atoms with Crippen molar-refractivity contribution in [3.8, 4) is 5.75 Å². The van der Waals surface area contributed by atoms with E-state index in [9.17, 15) is 4.79 Å². The molecule has 3 nitrogen and oxygen atoms in total. The minimum atomic E-state index is -0.435. The van der Waals surface area contributed by atoms with Gasteiger partial charge in [0.05, 0.1) is 0 Å². The van der Waals surface area contributed by atoms with Crippen LogP contribution in [0.25, 0.3) is 0 Å². The van der Waals surface area contributed by atoms with Crippen molar-refractivity contribution in [2.75, 3.05) is 6.54 Å². The molecule has 1 aliphatic rings. The van der Waals surface area contributed by atoms with Gasteiger partial charge in [0.1, 0.15) is 5.75 Å². The zero-order chi connectivity index (χ0) is 15.1. The lowest BCUT2D eigenvalue weighted by atomic mass is 9.89. The van der Waals surface area contributed by atoms with Gasteiger partial charge in [-0.3, -0.25) is 4.79 Å². The lowest BCUT2D eigenvalue weighted by molar-refractivity contribution is -0.128. The van der Waals surface area contributed by atoms with Crippen molar-refractivity contribution in [3.05, 3.63) is 29.3 Å².